The molecule has 0 saturated carbocycles. The van der Waals surface area contributed by atoms with Crippen LogP contribution >= 0.6 is 0 Å². The van der Waals surface area contributed by atoms with Crippen molar-refractivity contribution in [3.63, 3.8) is 0 Å². The molecular weight excluding hydrogens is 536 g/mol. The number of allylic oxidation sites excluding steroid dienone is 1. The molecule has 0 unspecified atom stereocenters. The Labute approximate surface area is 240 Å². The molecule has 0 bridgehead atoms. The van der Waals surface area contributed by atoms with Gasteiger partial charge in [0, 0.05) is 11.5 Å². The van der Waals surface area contributed by atoms with Crippen LogP contribution in [0.2, 0.25) is 0 Å². The lowest BCUT2D eigenvalue weighted by Gasteiger charge is -2.07. The lowest BCUT2D eigenvalue weighted by atomic mass is 10.1. The Hall–Kier alpha value is -5.63. The van der Waals surface area contributed by atoms with E-state index < -0.39 is 11.9 Å². The molecule has 0 aliphatic carbocycles. The molecule has 1 aliphatic heterocycles. The highest BCUT2D eigenvalue weighted by Crippen LogP contribution is 2.36. The number of carbonyl (C=O) groups excluding carboxylic acids is 3. The van der Waals surface area contributed by atoms with Gasteiger partial charge in [0.1, 0.15) is 40.8 Å². The molecule has 0 radical (unpaired) electrons. The number of Topliss-reactive ketones (excluding diaryl/α,β-unsaturated/α-hetero) is 1. The van der Waals surface area contributed by atoms with Crippen LogP contribution < -0.4 is 14.2 Å². The maximum Gasteiger partial charge on any atom is 0.347 e. The Kier molecular flexibility index (Phi) is 7.02. The second-order valence-corrected chi connectivity index (χ2v) is 9.57. The van der Waals surface area contributed by atoms with Crippen molar-refractivity contribution >= 4 is 34.8 Å². The summed E-state index contributed by atoms with van der Waals surface area (Å²) in [7, 11) is 1.31. The van der Waals surface area contributed by atoms with E-state index in [0.29, 0.717) is 45.8 Å². The first-order chi connectivity index (χ1) is 20.4. The van der Waals surface area contributed by atoms with E-state index in [1.807, 2.05) is 30.3 Å². The third-order valence-electron chi connectivity index (χ3n) is 6.77. The van der Waals surface area contributed by atoms with Crippen molar-refractivity contribution in [3.05, 3.63) is 130 Å². The van der Waals surface area contributed by atoms with E-state index in [-0.39, 0.29) is 28.6 Å². The van der Waals surface area contributed by atoms with Gasteiger partial charge in [-0.05, 0) is 66.6 Å². The minimum Gasteiger partial charge on any atom is -0.489 e. The molecule has 0 fully saturated rings. The van der Waals surface area contributed by atoms with Crippen LogP contribution in [0.5, 0.6) is 17.2 Å². The highest BCUT2D eigenvalue weighted by atomic mass is 16.5. The van der Waals surface area contributed by atoms with E-state index in [4.69, 9.17) is 23.4 Å². The van der Waals surface area contributed by atoms with Crippen LogP contribution in [0.3, 0.4) is 0 Å². The number of ketones is 1. The van der Waals surface area contributed by atoms with Crippen LogP contribution in [0.4, 0.5) is 0 Å². The van der Waals surface area contributed by atoms with Crippen molar-refractivity contribution in [1.82, 2.24) is 0 Å². The molecule has 0 atom stereocenters. The Morgan fingerprint density at radius 2 is 1.62 bits per heavy atom. The highest BCUT2D eigenvalue weighted by Gasteiger charge is 2.29. The van der Waals surface area contributed by atoms with Gasteiger partial charge in [0.25, 0.3) is 0 Å². The summed E-state index contributed by atoms with van der Waals surface area (Å²) in [5.74, 6) is 0.216. The van der Waals surface area contributed by atoms with Crippen LogP contribution in [-0.4, -0.2) is 24.8 Å². The van der Waals surface area contributed by atoms with Crippen molar-refractivity contribution in [2.45, 2.75) is 13.5 Å². The fourth-order valence-electron chi connectivity index (χ4n) is 4.66. The predicted octanol–water partition coefficient (Wildman–Crippen LogP) is 6.94. The minimum atomic E-state index is -0.614. The monoisotopic (exact) mass is 560 g/mol. The van der Waals surface area contributed by atoms with Gasteiger partial charge in [-0.15, -0.1) is 0 Å². The molecule has 4 aromatic carbocycles. The summed E-state index contributed by atoms with van der Waals surface area (Å²) in [6, 6.07) is 26.2. The molecule has 2 heterocycles. The topological polar surface area (TPSA) is 101 Å². The summed E-state index contributed by atoms with van der Waals surface area (Å²) in [6.07, 6.45) is 1.58. The molecule has 0 spiro atoms. The summed E-state index contributed by atoms with van der Waals surface area (Å²) in [6.45, 7) is 2.08. The number of carbonyl (C=O) groups is 3. The largest absolute Gasteiger partial charge is 0.489 e. The maximum atomic E-state index is 13.3. The number of methoxy groups -OCH3 is 1. The van der Waals surface area contributed by atoms with Gasteiger partial charge >= 0.3 is 11.9 Å². The van der Waals surface area contributed by atoms with Gasteiger partial charge in [0.2, 0.25) is 5.78 Å². The minimum absolute atomic E-state index is 0.110. The average molecular weight is 561 g/mol. The fraction of sp³-hybridized carbons (Fsp3) is 0.0882. The molecule has 208 valence electrons. The first-order valence-electron chi connectivity index (χ1n) is 13.1. The van der Waals surface area contributed by atoms with Crippen LogP contribution in [0, 0.1) is 6.92 Å². The number of hydrogen-bond acceptors (Lipinski definition) is 8. The van der Waals surface area contributed by atoms with Crippen LogP contribution in [0.25, 0.3) is 17.0 Å². The number of hydrogen-bond donors (Lipinski definition) is 0. The van der Waals surface area contributed by atoms with Crippen LogP contribution in [0.15, 0.2) is 101 Å². The van der Waals surface area contributed by atoms with Gasteiger partial charge in [0.15, 0.2) is 5.76 Å². The number of rotatable bonds is 7. The zero-order valence-electron chi connectivity index (χ0n) is 22.7. The summed E-state index contributed by atoms with van der Waals surface area (Å²) in [5.41, 5.74) is 3.24. The lowest BCUT2D eigenvalue weighted by Crippen LogP contribution is -2.09. The predicted molar refractivity (Wildman–Crippen MR) is 154 cm³/mol. The number of ether oxygens (including phenoxy) is 4. The zero-order chi connectivity index (χ0) is 29.2. The number of benzene rings is 4. The Bertz CT molecular complexity index is 1860. The summed E-state index contributed by atoms with van der Waals surface area (Å²) >= 11 is 0. The van der Waals surface area contributed by atoms with E-state index in [0.717, 1.165) is 5.56 Å². The number of fused-ring (bicyclic) bond motifs is 2. The van der Waals surface area contributed by atoms with Crippen LogP contribution in [0.1, 0.15) is 48.0 Å². The molecule has 1 aliphatic rings. The van der Waals surface area contributed by atoms with Gasteiger partial charge < -0.3 is 23.4 Å². The molecule has 0 saturated heterocycles. The number of esters is 2. The molecule has 1 aromatic heterocycles. The first-order valence-corrected chi connectivity index (χ1v) is 13.1. The molecule has 8 heteroatoms. The van der Waals surface area contributed by atoms with E-state index in [2.05, 4.69) is 0 Å². The van der Waals surface area contributed by atoms with Crippen LogP contribution in [-0.2, 0) is 11.3 Å². The van der Waals surface area contributed by atoms with Crippen molar-refractivity contribution in [2.24, 2.45) is 0 Å². The van der Waals surface area contributed by atoms with Gasteiger partial charge in [-0.2, -0.15) is 0 Å². The molecule has 0 amide bonds. The quantitative estimate of drug-likeness (QED) is 0.120. The van der Waals surface area contributed by atoms with E-state index in [1.165, 1.54) is 19.2 Å². The van der Waals surface area contributed by atoms with Crippen molar-refractivity contribution in [3.8, 4) is 17.2 Å². The smallest absolute Gasteiger partial charge is 0.347 e. The first kappa shape index (κ1) is 26.6. The average Bonchev–Trinajstić information content (AvgIpc) is 3.50. The second-order valence-electron chi connectivity index (χ2n) is 9.57. The Balaban J connectivity index is 1.19. The normalized spacial score (nSPS) is 13.1. The Morgan fingerprint density at radius 3 is 2.38 bits per heavy atom. The molecule has 6 rings (SSSR count). The third kappa shape index (κ3) is 5.25. The Morgan fingerprint density at radius 1 is 0.857 bits per heavy atom. The molecule has 0 N–H and O–H groups in total. The SMILES string of the molecule is COC(=O)c1ccc(/C=C2\Oc3cc(OC(=O)c4c(C)oc5ccc(OCc6ccccc6)cc45)ccc3C2=O)cc1. The van der Waals surface area contributed by atoms with Crippen molar-refractivity contribution in [2.75, 3.05) is 7.11 Å². The molecule has 42 heavy (non-hydrogen) atoms. The third-order valence-corrected chi connectivity index (χ3v) is 6.77. The standard InChI is InChI=1S/C34H24O8/c1-20-31(27-17-24(13-15-28(27)40-20)39-19-22-6-4-3-5-7-22)34(37)41-25-12-14-26-29(18-25)42-30(32(26)35)16-21-8-10-23(11-9-21)33(36)38-2/h3-18H,19H2,1-2H3/b30-16-. The van der Waals surface area contributed by atoms with E-state index in [9.17, 15) is 14.4 Å². The van der Waals surface area contributed by atoms with Crippen molar-refractivity contribution in [1.29, 1.82) is 0 Å². The van der Waals surface area contributed by atoms with Gasteiger partial charge in [-0.25, -0.2) is 9.59 Å². The second kappa shape index (κ2) is 11.1. The van der Waals surface area contributed by atoms with Gasteiger partial charge in [-0.3, -0.25) is 4.79 Å². The van der Waals surface area contributed by atoms with Gasteiger partial charge in [-0.1, -0.05) is 42.5 Å². The van der Waals surface area contributed by atoms with E-state index >= 15 is 0 Å². The lowest BCUT2D eigenvalue weighted by molar-refractivity contribution is 0.0600. The number of aryl methyl sites for hydroxylation is 1. The molecule has 5 aromatic rings. The number of furan rings is 1. The summed E-state index contributed by atoms with van der Waals surface area (Å²) in [4.78, 5) is 37.9. The highest BCUT2D eigenvalue weighted by molar-refractivity contribution is 6.14. The summed E-state index contributed by atoms with van der Waals surface area (Å²) in [5, 5.41) is 0.569. The van der Waals surface area contributed by atoms with E-state index in [1.54, 1.807) is 61.5 Å². The zero-order valence-corrected chi connectivity index (χ0v) is 22.7. The van der Waals surface area contributed by atoms with Gasteiger partial charge in [0.05, 0.1) is 18.2 Å². The summed E-state index contributed by atoms with van der Waals surface area (Å²) < 4.78 is 27.9. The maximum absolute atomic E-state index is 13.3. The molecule has 8 nitrogen and oxygen atoms in total. The van der Waals surface area contributed by atoms with Crippen molar-refractivity contribution < 1.29 is 37.7 Å². The molecular formula is C34H24O8. The fourth-order valence-corrected chi connectivity index (χ4v) is 4.66.